The van der Waals surface area contributed by atoms with Gasteiger partial charge in [-0.05, 0) is 24.5 Å². The van der Waals surface area contributed by atoms with Crippen LogP contribution in [0.1, 0.15) is 23.2 Å². The van der Waals surface area contributed by atoms with Crippen LogP contribution in [0.15, 0.2) is 34.1 Å². The molecule has 1 amide bonds. The molecule has 0 unspecified atom stereocenters. The summed E-state index contributed by atoms with van der Waals surface area (Å²) in [5.74, 6) is -1.08. The number of hydrogen-bond acceptors (Lipinski definition) is 3. The number of carbonyl (C=O) groups excluding carboxylic acids is 1. The topological polar surface area (TPSA) is 66.4 Å². The average Bonchev–Trinajstić information content (AvgIpc) is 3.21. The maximum absolute atomic E-state index is 11.9. The molecule has 2 N–H and O–H groups in total. The van der Waals surface area contributed by atoms with E-state index in [1.54, 1.807) is 5.38 Å². The van der Waals surface area contributed by atoms with Crippen molar-refractivity contribution in [1.82, 2.24) is 0 Å². The normalized spacial score (nSPS) is 14.0. The summed E-state index contributed by atoms with van der Waals surface area (Å²) in [4.78, 5) is 23.5. The minimum atomic E-state index is -1.03. The van der Waals surface area contributed by atoms with Crippen molar-refractivity contribution >= 4 is 44.1 Å². The Bertz CT molecular complexity index is 721. The monoisotopic (exact) mass is 365 g/mol. The van der Waals surface area contributed by atoms with Crippen LogP contribution in [-0.4, -0.2) is 17.0 Å². The lowest BCUT2D eigenvalue weighted by Gasteiger charge is -2.06. The number of anilines is 1. The number of rotatable bonds is 4. The van der Waals surface area contributed by atoms with E-state index in [9.17, 15) is 14.7 Å². The van der Waals surface area contributed by atoms with E-state index >= 15 is 0 Å². The molecule has 0 aliphatic heterocycles. The minimum Gasteiger partial charge on any atom is -0.478 e. The Morgan fingerprint density at radius 1 is 1.24 bits per heavy atom. The van der Waals surface area contributed by atoms with Gasteiger partial charge in [0.05, 0.1) is 0 Å². The Balaban J connectivity index is 2.02. The lowest BCUT2D eigenvalue weighted by Crippen LogP contribution is -2.14. The maximum atomic E-state index is 11.9. The SMILES string of the molecule is O=C(O)c1c(-c2ccccc2Br)csc1NC(=O)C1CC1. The highest BCUT2D eigenvalue weighted by Gasteiger charge is 2.31. The zero-order valence-electron chi connectivity index (χ0n) is 10.9. The highest BCUT2D eigenvalue weighted by molar-refractivity contribution is 9.10. The predicted octanol–water partition coefficient (Wildman–Crippen LogP) is 4.22. The smallest absolute Gasteiger partial charge is 0.339 e. The Morgan fingerprint density at radius 2 is 1.95 bits per heavy atom. The number of hydrogen-bond donors (Lipinski definition) is 2. The van der Waals surface area contributed by atoms with E-state index in [4.69, 9.17) is 0 Å². The molecule has 0 bridgehead atoms. The summed E-state index contributed by atoms with van der Waals surface area (Å²) in [6.45, 7) is 0. The van der Waals surface area contributed by atoms with E-state index in [0.29, 0.717) is 10.6 Å². The van der Waals surface area contributed by atoms with Crippen LogP contribution in [0.4, 0.5) is 5.00 Å². The molecule has 1 aliphatic carbocycles. The van der Waals surface area contributed by atoms with Gasteiger partial charge in [0, 0.05) is 21.3 Å². The van der Waals surface area contributed by atoms with Crippen LogP contribution < -0.4 is 5.32 Å². The first-order valence-electron chi connectivity index (χ1n) is 6.48. The zero-order chi connectivity index (χ0) is 15.0. The number of carboxylic acid groups (broad SMARTS) is 1. The van der Waals surface area contributed by atoms with E-state index in [1.165, 1.54) is 11.3 Å². The van der Waals surface area contributed by atoms with Gasteiger partial charge in [0.15, 0.2) is 0 Å². The van der Waals surface area contributed by atoms with Gasteiger partial charge < -0.3 is 10.4 Å². The molecule has 1 heterocycles. The van der Waals surface area contributed by atoms with E-state index in [-0.39, 0.29) is 17.4 Å². The standard InChI is InChI=1S/C15H12BrNO3S/c16-11-4-2-1-3-9(11)10-7-21-14(12(10)15(19)20)17-13(18)8-5-6-8/h1-4,7-8H,5-6H2,(H,17,18)(H,19,20). The van der Waals surface area contributed by atoms with E-state index in [2.05, 4.69) is 21.2 Å². The number of carbonyl (C=O) groups is 2. The molecule has 1 saturated carbocycles. The molecule has 0 radical (unpaired) electrons. The van der Waals surface area contributed by atoms with Crippen LogP contribution in [0.3, 0.4) is 0 Å². The number of nitrogens with one attached hydrogen (secondary N) is 1. The van der Waals surface area contributed by atoms with Gasteiger partial charge in [-0.2, -0.15) is 0 Å². The Labute approximate surface area is 133 Å². The lowest BCUT2D eigenvalue weighted by molar-refractivity contribution is -0.117. The number of benzene rings is 1. The third-order valence-corrected chi connectivity index (χ3v) is 4.94. The molecular weight excluding hydrogens is 354 g/mol. The molecule has 2 aromatic rings. The fourth-order valence-electron chi connectivity index (χ4n) is 2.10. The average molecular weight is 366 g/mol. The minimum absolute atomic E-state index is 0.0423. The molecule has 21 heavy (non-hydrogen) atoms. The predicted molar refractivity (Wildman–Crippen MR) is 85.8 cm³/mol. The molecule has 1 aromatic carbocycles. The summed E-state index contributed by atoms with van der Waals surface area (Å²) >= 11 is 4.68. The number of thiophene rings is 1. The molecule has 108 valence electrons. The second-order valence-electron chi connectivity index (χ2n) is 4.90. The summed E-state index contributed by atoms with van der Waals surface area (Å²) in [6.07, 6.45) is 1.77. The fourth-order valence-corrected chi connectivity index (χ4v) is 3.55. The fraction of sp³-hybridized carbons (Fsp3) is 0.200. The maximum Gasteiger partial charge on any atom is 0.339 e. The molecule has 4 nitrogen and oxygen atoms in total. The Morgan fingerprint density at radius 3 is 2.57 bits per heavy atom. The van der Waals surface area contributed by atoms with Gasteiger partial charge in [-0.1, -0.05) is 34.1 Å². The van der Waals surface area contributed by atoms with Crippen molar-refractivity contribution in [1.29, 1.82) is 0 Å². The second kappa shape index (κ2) is 5.61. The number of aromatic carboxylic acids is 1. The number of amides is 1. The number of halogens is 1. The zero-order valence-corrected chi connectivity index (χ0v) is 13.3. The summed E-state index contributed by atoms with van der Waals surface area (Å²) in [5.41, 5.74) is 1.57. The second-order valence-corrected chi connectivity index (χ2v) is 6.64. The molecule has 0 saturated heterocycles. The van der Waals surface area contributed by atoms with Gasteiger partial charge in [-0.25, -0.2) is 4.79 Å². The summed E-state index contributed by atoms with van der Waals surface area (Å²) in [6, 6.07) is 7.44. The van der Waals surface area contributed by atoms with Crippen molar-refractivity contribution < 1.29 is 14.7 Å². The van der Waals surface area contributed by atoms with E-state index in [0.717, 1.165) is 22.9 Å². The quantitative estimate of drug-likeness (QED) is 0.851. The van der Waals surface area contributed by atoms with Gasteiger partial charge in [0.2, 0.25) is 5.91 Å². The summed E-state index contributed by atoms with van der Waals surface area (Å²) in [5, 5.41) is 14.4. The van der Waals surface area contributed by atoms with E-state index < -0.39 is 5.97 Å². The van der Waals surface area contributed by atoms with Gasteiger partial charge in [-0.15, -0.1) is 11.3 Å². The Hall–Kier alpha value is -1.66. The van der Waals surface area contributed by atoms with Crippen LogP contribution in [-0.2, 0) is 4.79 Å². The first-order chi connectivity index (χ1) is 10.1. The molecule has 6 heteroatoms. The van der Waals surface area contributed by atoms with Crippen molar-refractivity contribution in [3.8, 4) is 11.1 Å². The molecule has 1 aliphatic rings. The van der Waals surface area contributed by atoms with Crippen LogP contribution >= 0.6 is 27.3 Å². The van der Waals surface area contributed by atoms with Crippen molar-refractivity contribution in [2.75, 3.05) is 5.32 Å². The largest absolute Gasteiger partial charge is 0.478 e. The van der Waals surface area contributed by atoms with Gasteiger partial charge in [0.25, 0.3) is 0 Å². The van der Waals surface area contributed by atoms with Gasteiger partial charge >= 0.3 is 5.97 Å². The molecular formula is C15H12BrNO3S. The molecule has 1 fully saturated rings. The van der Waals surface area contributed by atoms with Crippen LogP contribution in [0.2, 0.25) is 0 Å². The Kier molecular flexibility index (Phi) is 3.82. The number of carboxylic acids is 1. The summed E-state index contributed by atoms with van der Waals surface area (Å²) < 4.78 is 0.824. The van der Waals surface area contributed by atoms with Crippen LogP contribution in [0, 0.1) is 5.92 Å². The van der Waals surface area contributed by atoms with Crippen molar-refractivity contribution in [3.05, 3.63) is 39.7 Å². The highest BCUT2D eigenvalue weighted by Crippen LogP contribution is 2.39. The van der Waals surface area contributed by atoms with Crippen molar-refractivity contribution in [2.45, 2.75) is 12.8 Å². The molecule has 3 rings (SSSR count). The molecule has 0 spiro atoms. The van der Waals surface area contributed by atoms with Crippen molar-refractivity contribution in [2.24, 2.45) is 5.92 Å². The lowest BCUT2D eigenvalue weighted by atomic mass is 10.0. The van der Waals surface area contributed by atoms with Crippen LogP contribution in [0.25, 0.3) is 11.1 Å². The van der Waals surface area contributed by atoms with Gasteiger partial charge in [-0.3, -0.25) is 4.79 Å². The van der Waals surface area contributed by atoms with Crippen molar-refractivity contribution in [3.63, 3.8) is 0 Å². The van der Waals surface area contributed by atoms with Crippen LogP contribution in [0.5, 0.6) is 0 Å². The summed E-state index contributed by atoms with van der Waals surface area (Å²) in [7, 11) is 0. The first kappa shape index (κ1) is 14.3. The van der Waals surface area contributed by atoms with E-state index in [1.807, 2.05) is 24.3 Å². The molecule has 1 aromatic heterocycles. The molecule has 0 atom stereocenters. The third kappa shape index (κ3) is 2.87. The third-order valence-electron chi connectivity index (χ3n) is 3.35. The first-order valence-corrected chi connectivity index (χ1v) is 8.15. The van der Waals surface area contributed by atoms with Gasteiger partial charge in [0.1, 0.15) is 10.6 Å². The highest BCUT2D eigenvalue weighted by atomic mass is 79.9.